The summed E-state index contributed by atoms with van der Waals surface area (Å²) in [7, 11) is 0. The van der Waals surface area contributed by atoms with E-state index in [4.69, 9.17) is 4.74 Å². The molecule has 3 aromatic rings. The van der Waals surface area contributed by atoms with Gasteiger partial charge in [0.05, 0.1) is 5.56 Å². The molecule has 3 rings (SSSR count). The molecule has 2 N–H and O–H groups in total. The number of nitrogens with one attached hydrogen (secondary N) is 1. The Morgan fingerprint density at radius 1 is 1.03 bits per heavy atom. The normalized spacial score (nSPS) is 10.8. The van der Waals surface area contributed by atoms with Crippen molar-refractivity contribution in [3.63, 3.8) is 0 Å². The molecule has 0 spiro atoms. The molecule has 0 bridgehead atoms. The molecule has 0 atom stereocenters. The molecule has 0 radical (unpaired) electrons. The van der Waals surface area contributed by atoms with E-state index in [2.05, 4.69) is 20.6 Å². The summed E-state index contributed by atoms with van der Waals surface area (Å²) in [6.07, 6.45) is 5.42. The van der Waals surface area contributed by atoms with Crippen molar-refractivity contribution >= 4 is 11.6 Å². The van der Waals surface area contributed by atoms with Crippen LogP contribution in [-0.2, 0) is 19.4 Å². The highest BCUT2D eigenvalue weighted by atomic mass is 16.5. The smallest absolute Gasteiger partial charge is 0.174 e. The number of carbonyl (C=O) groups is 2. The number of H-pyrrole nitrogens is 1. The van der Waals surface area contributed by atoms with Gasteiger partial charge in [0.25, 0.3) is 0 Å². The maximum absolute atomic E-state index is 12.4. The summed E-state index contributed by atoms with van der Waals surface area (Å²) in [5, 5.41) is 24.3. The second kappa shape index (κ2) is 11.9. The van der Waals surface area contributed by atoms with Crippen LogP contribution in [0, 0.1) is 0 Å². The molecular formula is C25H30N4O4. The van der Waals surface area contributed by atoms with E-state index in [-0.39, 0.29) is 23.9 Å². The van der Waals surface area contributed by atoms with E-state index in [1.54, 1.807) is 30.3 Å². The topological polar surface area (TPSA) is 118 Å². The molecule has 174 valence electrons. The average Bonchev–Trinajstić information content (AvgIpc) is 3.33. The second-order valence-corrected chi connectivity index (χ2v) is 8.03. The number of aromatic hydroxyl groups is 1. The third-order valence-corrected chi connectivity index (χ3v) is 5.52. The highest BCUT2D eigenvalue weighted by Crippen LogP contribution is 2.29. The quantitative estimate of drug-likeness (QED) is 0.288. The van der Waals surface area contributed by atoms with Crippen LogP contribution in [0.5, 0.6) is 11.5 Å². The zero-order valence-corrected chi connectivity index (χ0v) is 19.1. The van der Waals surface area contributed by atoms with Gasteiger partial charge in [0.1, 0.15) is 18.1 Å². The summed E-state index contributed by atoms with van der Waals surface area (Å²) in [5.41, 5.74) is 2.59. The summed E-state index contributed by atoms with van der Waals surface area (Å²) < 4.78 is 5.89. The van der Waals surface area contributed by atoms with Crippen molar-refractivity contribution in [1.82, 2.24) is 20.6 Å². The van der Waals surface area contributed by atoms with Crippen molar-refractivity contribution in [2.24, 2.45) is 0 Å². The minimum absolute atomic E-state index is 0.0451. The number of Topliss-reactive ketones (excluding diaryl/α,β-unsaturated/α-hetero) is 2. The summed E-state index contributed by atoms with van der Waals surface area (Å²) in [6.45, 7) is 3.74. The third kappa shape index (κ3) is 6.71. The fourth-order valence-corrected chi connectivity index (χ4v) is 3.70. The lowest BCUT2D eigenvalue weighted by molar-refractivity contribution is 0.0977. The van der Waals surface area contributed by atoms with Crippen LogP contribution in [0.2, 0.25) is 0 Å². The number of aromatic nitrogens is 4. The number of benzene rings is 2. The second-order valence-electron chi connectivity index (χ2n) is 8.03. The van der Waals surface area contributed by atoms with E-state index in [1.807, 2.05) is 13.0 Å². The number of ether oxygens (including phenoxy) is 1. The third-order valence-electron chi connectivity index (χ3n) is 5.52. The van der Waals surface area contributed by atoms with Crippen molar-refractivity contribution in [1.29, 1.82) is 0 Å². The summed E-state index contributed by atoms with van der Waals surface area (Å²) >= 11 is 0. The molecule has 0 aliphatic heterocycles. The van der Waals surface area contributed by atoms with Gasteiger partial charge in [-0.2, -0.15) is 5.21 Å². The molecule has 0 aliphatic carbocycles. The monoisotopic (exact) mass is 450 g/mol. The fraction of sp³-hybridized carbons (Fsp3) is 0.400. The first-order valence-electron chi connectivity index (χ1n) is 11.3. The Morgan fingerprint density at radius 2 is 1.82 bits per heavy atom. The largest absolute Gasteiger partial charge is 0.507 e. The number of carbonyl (C=O) groups excluding carboxylic acids is 2. The van der Waals surface area contributed by atoms with Gasteiger partial charge >= 0.3 is 0 Å². The summed E-state index contributed by atoms with van der Waals surface area (Å²) in [4.78, 5) is 24.2. The number of aromatic amines is 1. The van der Waals surface area contributed by atoms with Gasteiger partial charge in [0, 0.05) is 24.0 Å². The van der Waals surface area contributed by atoms with Gasteiger partial charge in [-0.3, -0.25) is 9.59 Å². The summed E-state index contributed by atoms with van der Waals surface area (Å²) in [5.74, 6) is 1.33. The number of unbranched alkanes of at least 4 members (excludes halogenated alkanes) is 2. The minimum Gasteiger partial charge on any atom is -0.507 e. The lowest BCUT2D eigenvalue weighted by Gasteiger charge is -2.14. The first kappa shape index (κ1) is 24.1. The zero-order valence-electron chi connectivity index (χ0n) is 19.1. The molecule has 0 saturated heterocycles. The Kier molecular flexibility index (Phi) is 8.69. The molecule has 33 heavy (non-hydrogen) atoms. The molecular weight excluding hydrogens is 420 g/mol. The maximum Gasteiger partial charge on any atom is 0.174 e. The number of phenolic OH excluding ortho intramolecular Hbond substituents is 1. The Bertz CT molecular complexity index is 1060. The van der Waals surface area contributed by atoms with Crippen LogP contribution in [0.3, 0.4) is 0 Å². The van der Waals surface area contributed by atoms with Gasteiger partial charge in [0.2, 0.25) is 0 Å². The first-order valence-corrected chi connectivity index (χ1v) is 11.3. The van der Waals surface area contributed by atoms with Crippen LogP contribution in [0.4, 0.5) is 0 Å². The number of aryl methyl sites for hydroxylation is 1. The van der Waals surface area contributed by atoms with Gasteiger partial charge in [-0.15, -0.1) is 10.2 Å². The zero-order chi connectivity index (χ0) is 23.6. The molecule has 0 saturated carbocycles. The van der Waals surface area contributed by atoms with Gasteiger partial charge in [-0.05, 0) is 62.1 Å². The maximum atomic E-state index is 12.4. The van der Waals surface area contributed by atoms with Crippen LogP contribution >= 0.6 is 0 Å². The summed E-state index contributed by atoms with van der Waals surface area (Å²) in [6, 6.07) is 10.6. The van der Waals surface area contributed by atoms with E-state index in [0.717, 1.165) is 43.2 Å². The number of nitrogens with zero attached hydrogens (tertiary/aromatic N) is 3. The van der Waals surface area contributed by atoms with Gasteiger partial charge in [0.15, 0.2) is 17.4 Å². The molecule has 0 amide bonds. The van der Waals surface area contributed by atoms with E-state index in [0.29, 0.717) is 35.5 Å². The van der Waals surface area contributed by atoms with E-state index in [1.165, 1.54) is 6.92 Å². The molecule has 1 heterocycles. The molecule has 0 fully saturated rings. The Hall–Kier alpha value is -3.55. The Morgan fingerprint density at radius 3 is 2.48 bits per heavy atom. The lowest BCUT2D eigenvalue weighted by atomic mass is 9.97. The average molecular weight is 451 g/mol. The van der Waals surface area contributed by atoms with Crippen molar-refractivity contribution < 1.29 is 19.4 Å². The van der Waals surface area contributed by atoms with E-state index < -0.39 is 0 Å². The van der Waals surface area contributed by atoms with Crippen LogP contribution in [0.25, 0.3) is 0 Å². The predicted octanol–water partition coefficient (Wildman–Crippen LogP) is 4.63. The van der Waals surface area contributed by atoms with Crippen LogP contribution < -0.4 is 4.74 Å². The number of hydrogen-bond acceptors (Lipinski definition) is 7. The minimum atomic E-state index is -0.162. The Labute approximate surface area is 193 Å². The molecule has 0 aliphatic rings. The standard InChI is InChI=1S/C25H30N4O4/c1-3-7-22-19(12-15-21(17(2)30)25(22)32)16-33-20-13-10-18(11-14-20)23(31)8-5-4-6-9-24-26-28-29-27-24/h10-15,32H,3-9,16H2,1-2H3,(H,26,27,28,29). The first-order chi connectivity index (χ1) is 16.0. The van der Waals surface area contributed by atoms with Crippen molar-refractivity contribution in [3.05, 3.63) is 64.5 Å². The van der Waals surface area contributed by atoms with Gasteiger partial charge in [-0.1, -0.05) is 31.0 Å². The number of tetrazole rings is 1. The van der Waals surface area contributed by atoms with Crippen LogP contribution in [0.15, 0.2) is 36.4 Å². The van der Waals surface area contributed by atoms with Gasteiger partial charge in [-0.25, -0.2) is 0 Å². The molecule has 8 nitrogen and oxygen atoms in total. The molecule has 8 heteroatoms. The number of hydrogen-bond donors (Lipinski definition) is 2. The van der Waals surface area contributed by atoms with Gasteiger partial charge < -0.3 is 9.84 Å². The van der Waals surface area contributed by atoms with Crippen molar-refractivity contribution in [2.45, 2.75) is 65.4 Å². The highest BCUT2D eigenvalue weighted by molar-refractivity contribution is 5.97. The number of phenols is 1. The fourth-order valence-electron chi connectivity index (χ4n) is 3.70. The molecule has 1 aromatic heterocycles. The van der Waals surface area contributed by atoms with Crippen LogP contribution in [0.1, 0.15) is 83.6 Å². The highest BCUT2D eigenvalue weighted by Gasteiger charge is 2.15. The van der Waals surface area contributed by atoms with E-state index in [9.17, 15) is 14.7 Å². The van der Waals surface area contributed by atoms with Crippen molar-refractivity contribution in [3.8, 4) is 11.5 Å². The number of ketones is 2. The SMILES string of the molecule is CCCc1c(COc2ccc(C(=O)CCCCCc3nn[nH]n3)cc2)ccc(C(C)=O)c1O. The molecule has 0 unspecified atom stereocenters. The predicted molar refractivity (Wildman–Crippen MR) is 124 cm³/mol. The molecule has 2 aromatic carbocycles. The Balaban J connectivity index is 1.50. The number of rotatable bonds is 13. The lowest BCUT2D eigenvalue weighted by Crippen LogP contribution is -2.04. The van der Waals surface area contributed by atoms with Crippen LogP contribution in [-0.4, -0.2) is 37.3 Å². The van der Waals surface area contributed by atoms with E-state index >= 15 is 0 Å². The van der Waals surface area contributed by atoms with Crippen molar-refractivity contribution in [2.75, 3.05) is 0 Å².